The van der Waals surface area contributed by atoms with Crippen LogP contribution in [0.4, 0.5) is 0 Å². The monoisotopic (exact) mass is 884 g/mol. The largest absolute Gasteiger partial charge is 0.481 e. The number of carboxylic acid groups (broad SMARTS) is 3. The van der Waals surface area contributed by atoms with Crippen LogP contribution in [0, 0.1) is 35.5 Å². The van der Waals surface area contributed by atoms with Crippen LogP contribution in [0.2, 0.25) is 0 Å². The maximum absolute atomic E-state index is 13.8. The topological polar surface area (TPSA) is 345 Å². The van der Waals surface area contributed by atoms with E-state index in [4.69, 9.17) is 5.11 Å². The van der Waals surface area contributed by atoms with Crippen LogP contribution in [0.1, 0.15) is 103 Å². The molecule has 0 unspecified atom stereocenters. The highest BCUT2D eigenvalue weighted by molar-refractivity contribution is 5.99. The summed E-state index contributed by atoms with van der Waals surface area (Å²) in [5, 5.41) is 47.4. The number of amides is 8. The Morgan fingerprint density at radius 3 is 0.742 bits per heavy atom. The Balaban J connectivity index is 6.26. The molecule has 0 aliphatic heterocycles. The molecule has 0 aromatic carbocycles. The molecule has 0 saturated carbocycles. The molecule has 0 rings (SSSR count). The summed E-state index contributed by atoms with van der Waals surface area (Å²) >= 11 is 0. The number of rotatable bonds is 26. The molecule has 352 valence electrons. The average Bonchev–Trinajstić information content (AvgIpc) is 3.12. The summed E-state index contributed by atoms with van der Waals surface area (Å²) in [4.78, 5) is 140. The first-order valence-electron chi connectivity index (χ1n) is 20.5. The summed E-state index contributed by atoms with van der Waals surface area (Å²) in [6.45, 7) is 20.9. The van der Waals surface area contributed by atoms with E-state index in [-0.39, 0.29) is 5.92 Å². The first-order chi connectivity index (χ1) is 28.4. The van der Waals surface area contributed by atoms with Gasteiger partial charge in [0.05, 0.1) is 12.8 Å². The summed E-state index contributed by atoms with van der Waals surface area (Å²) in [5.74, 6) is -14.5. The molecule has 62 heavy (non-hydrogen) atoms. The van der Waals surface area contributed by atoms with Crippen LogP contribution in [-0.4, -0.2) is 129 Å². The highest BCUT2D eigenvalue weighted by Crippen LogP contribution is 2.13. The normalized spacial score (nSPS) is 15.3. The number of aliphatic carboxylic acids is 3. The zero-order valence-corrected chi connectivity index (χ0v) is 37.8. The van der Waals surface area contributed by atoms with E-state index < -0.39 is 156 Å². The molecule has 0 bridgehead atoms. The lowest BCUT2D eigenvalue weighted by molar-refractivity contribution is -0.148. The van der Waals surface area contributed by atoms with E-state index in [0.29, 0.717) is 0 Å². The molecular weight excluding hydrogens is 816 g/mol. The van der Waals surface area contributed by atoms with Gasteiger partial charge in [-0.1, -0.05) is 83.1 Å². The van der Waals surface area contributed by atoms with Crippen LogP contribution in [0.15, 0.2) is 0 Å². The number of nitrogens with one attached hydrogen (secondary N) is 8. The lowest BCUT2D eigenvalue weighted by atomic mass is 9.96. The first kappa shape index (κ1) is 56.2. The van der Waals surface area contributed by atoms with Gasteiger partial charge in [0.15, 0.2) is 0 Å². The zero-order valence-electron chi connectivity index (χ0n) is 37.8. The van der Waals surface area contributed by atoms with E-state index in [0.717, 1.165) is 0 Å². The first-order valence-corrected chi connectivity index (χ1v) is 20.5. The van der Waals surface area contributed by atoms with Gasteiger partial charge in [0, 0.05) is 6.92 Å². The molecule has 8 atom stereocenters. The second-order valence-corrected chi connectivity index (χ2v) is 17.2. The van der Waals surface area contributed by atoms with Crippen molar-refractivity contribution < 1.29 is 68.1 Å². The molecule has 0 saturated heterocycles. The average molecular weight is 885 g/mol. The molecule has 0 aromatic rings. The number of carbonyl (C=O) groups excluding carboxylic acids is 8. The molecule has 0 fully saturated rings. The molecule has 0 aromatic heterocycles. The predicted octanol–water partition coefficient (Wildman–Crippen LogP) is -1.15. The van der Waals surface area contributed by atoms with Crippen molar-refractivity contribution in [2.45, 2.75) is 151 Å². The van der Waals surface area contributed by atoms with E-state index in [1.165, 1.54) is 20.8 Å². The SMILES string of the molecule is CC(=O)N[C@H](C(=O)N[C@H](C(=O)N[C@H](C(=O)N[C@H](C(=O)N[C@H](C(=O)N[C@H](C(=O)N[C@@H](CC(=O)O)C(=O)N[C@@H](CC(=O)O)C(=O)O)C(C)C)C(C)C)C(C)C)C(C)C)C(C)C)C(C)C. The summed E-state index contributed by atoms with van der Waals surface area (Å²) < 4.78 is 0. The second kappa shape index (κ2) is 25.8. The Hall–Kier alpha value is -5.83. The molecule has 11 N–H and O–H groups in total. The third kappa shape index (κ3) is 18.8. The lowest BCUT2D eigenvalue weighted by Gasteiger charge is -2.32. The maximum Gasteiger partial charge on any atom is 0.326 e. The second-order valence-electron chi connectivity index (χ2n) is 17.2. The number of carboxylic acids is 3. The smallest absolute Gasteiger partial charge is 0.326 e. The van der Waals surface area contributed by atoms with Gasteiger partial charge in [0.2, 0.25) is 47.3 Å². The minimum Gasteiger partial charge on any atom is -0.481 e. The van der Waals surface area contributed by atoms with Gasteiger partial charge in [-0.15, -0.1) is 0 Å². The van der Waals surface area contributed by atoms with Crippen LogP contribution in [-0.2, 0) is 52.7 Å². The van der Waals surface area contributed by atoms with Gasteiger partial charge >= 0.3 is 17.9 Å². The van der Waals surface area contributed by atoms with E-state index >= 15 is 0 Å². The standard InChI is InChI=1S/C40H68N8O14/c1-16(2)27(41-22(13)49)35(56)45-29(18(5)6)37(58)47-31(20(9)10)39(60)48-32(21(11)12)38(59)46-30(19(7)8)36(57)44-28(17(3)4)34(55)42-23(14-25(50)51)33(54)43-24(40(61)62)15-26(52)53/h16-21,23-24,27-32H,14-15H2,1-13H3,(H,41,49)(H,42,55)(H,43,54)(H,44,57)(H,45,56)(H,46,59)(H,47,58)(H,48,60)(H,50,51)(H,52,53)(H,61,62)/t23-,24-,27-,28-,29-,30-,31-,32-/m0/s1. The highest BCUT2D eigenvalue weighted by Gasteiger charge is 2.38. The van der Waals surface area contributed by atoms with Gasteiger partial charge in [-0.25, -0.2) is 4.79 Å². The van der Waals surface area contributed by atoms with Crippen molar-refractivity contribution in [3.63, 3.8) is 0 Å². The summed E-state index contributed by atoms with van der Waals surface area (Å²) in [6.07, 6.45) is -2.07. The highest BCUT2D eigenvalue weighted by atomic mass is 16.4. The molecule has 0 radical (unpaired) electrons. The van der Waals surface area contributed by atoms with Gasteiger partial charge in [0.25, 0.3) is 0 Å². The van der Waals surface area contributed by atoms with Crippen molar-refractivity contribution in [2.24, 2.45) is 35.5 Å². The summed E-state index contributed by atoms with van der Waals surface area (Å²) in [7, 11) is 0. The maximum atomic E-state index is 13.8. The van der Waals surface area contributed by atoms with E-state index in [1.807, 2.05) is 5.32 Å². The fourth-order valence-electron chi connectivity index (χ4n) is 5.94. The third-order valence-corrected chi connectivity index (χ3v) is 9.55. The lowest BCUT2D eigenvalue weighted by Crippen LogP contribution is -2.63. The third-order valence-electron chi connectivity index (χ3n) is 9.55. The van der Waals surface area contributed by atoms with E-state index in [9.17, 15) is 63.0 Å². The van der Waals surface area contributed by atoms with Crippen LogP contribution in [0.3, 0.4) is 0 Å². The number of hydrogen-bond donors (Lipinski definition) is 11. The van der Waals surface area contributed by atoms with Crippen molar-refractivity contribution in [2.75, 3.05) is 0 Å². The van der Waals surface area contributed by atoms with Crippen LogP contribution in [0.5, 0.6) is 0 Å². The number of hydrogen-bond acceptors (Lipinski definition) is 11. The Kier molecular flexibility index (Phi) is 23.4. The van der Waals surface area contributed by atoms with E-state index in [2.05, 4.69) is 37.2 Å². The molecule has 8 amide bonds. The fraction of sp³-hybridized carbons (Fsp3) is 0.725. The number of carbonyl (C=O) groups is 11. The molecule has 0 heterocycles. The minimum absolute atomic E-state index is 0.306. The summed E-state index contributed by atoms with van der Waals surface area (Å²) in [5.41, 5.74) is 0. The van der Waals surface area contributed by atoms with Gasteiger partial charge in [-0.05, 0) is 35.5 Å². The molecule has 0 aliphatic carbocycles. The quantitative estimate of drug-likeness (QED) is 0.0489. The molecule has 0 spiro atoms. The predicted molar refractivity (Wildman–Crippen MR) is 222 cm³/mol. The molecule has 22 nitrogen and oxygen atoms in total. The molecular formula is C40H68N8O14. The minimum atomic E-state index is -1.95. The van der Waals surface area contributed by atoms with Crippen LogP contribution in [0.25, 0.3) is 0 Å². The van der Waals surface area contributed by atoms with Crippen LogP contribution >= 0.6 is 0 Å². The van der Waals surface area contributed by atoms with E-state index in [1.54, 1.807) is 69.2 Å². The van der Waals surface area contributed by atoms with Gasteiger partial charge in [-0.3, -0.25) is 47.9 Å². The van der Waals surface area contributed by atoms with Crippen molar-refractivity contribution in [1.82, 2.24) is 42.5 Å². The Bertz CT molecular complexity index is 1650. The summed E-state index contributed by atoms with van der Waals surface area (Å²) in [6, 6.07) is -11.1. The Morgan fingerprint density at radius 1 is 0.323 bits per heavy atom. The van der Waals surface area contributed by atoms with Gasteiger partial charge < -0.3 is 57.9 Å². The van der Waals surface area contributed by atoms with Crippen molar-refractivity contribution >= 4 is 65.2 Å². The molecule has 0 aliphatic rings. The Morgan fingerprint density at radius 2 is 0.532 bits per heavy atom. The van der Waals surface area contributed by atoms with Crippen molar-refractivity contribution in [3.05, 3.63) is 0 Å². The van der Waals surface area contributed by atoms with Gasteiger partial charge in [0.1, 0.15) is 48.3 Å². The molecule has 22 heteroatoms. The fourth-order valence-corrected chi connectivity index (χ4v) is 5.94. The van der Waals surface area contributed by atoms with Crippen molar-refractivity contribution in [3.8, 4) is 0 Å². The van der Waals surface area contributed by atoms with Crippen molar-refractivity contribution in [1.29, 1.82) is 0 Å². The zero-order chi connectivity index (χ0) is 48.5. The van der Waals surface area contributed by atoms with Crippen LogP contribution < -0.4 is 42.5 Å². The van der Waals surface area contributed by atoms with Gasteiger partial charge in [-0.2, -0.15) is 0 Å². The Labute approximate surface area is 362 Å².